The molecule has 4 rings (SSSR count). The second-order valence-corrected chi connectivity index (χ2v) is 6.99. The molecule has 0 aliphatic heterocycles. The van der Waals surface area contributed by atoms with Gasteiger partial charge in [-0.15, -0.1) is 0 Å². The Kier molecular flexibility index (Phi) is 4.40. The maximum absolute atomic E-state index is 13.7. The molecule has 2 heterocycles. The fraction of sp³-hybridized carbons (Fsp3) is 0.278. The summed E-state index contributed by atoms with van der Waals surface area (Å²) in [6, 6.07) is 6.56. The number of rotatable bonds is 5. The second kappa shape index (κ2) is 6.72. The third kappa shape index (κ3) is 2.96. The van der Waals surface area contributed by atoms with Crippen LogP contribution in [-0.2, 0) is 4.79 Å². The summed E-state index contributed by atoms with van der Waals surface area (Å²) in [6.45, 7) is 0. The van der Waals surface area contributed by atoms with Gasteiger partial charge in [-0.1, -0.05) is 0 Å². The Morgan fingerprint density at radius 1 is 1.38 bits per heavy atom. The number of halogens is 2. The van der Waals surface area contributed by atoms with E-state index in [0.29, 0.717) is 22.6 Å². The molecular weight excluding hydrogens is 353 g/mol. The molecule has 0 radical (unpaired) electrons. The average Bonchev–Trinajstić information content (AvgIpc) is 2.98. The SMILES string of the molecule is N=BC(=O)CC1CC(n2cc(-c3cccc(F)c3)c3c(Cl)ncnc32)C1. The van der Waals surface area contributed by atoms with Crippen LogP contribution in [0.2, 0.25) is 5.15 Å². The molecule has 1 fully saturated rings. The van der Waals surface area contributed by atoms with E-state index in [2.05, 4.69) is 14.5 Å². The van der Waals surface area contributed by atoms with Gasteiger partial charge in [0.15, 0.2) is 0 Å². The zero-order chi connectivity index (χ0) is 18.3. The molecule has 0 atom stereocenters. The summed E-state index contributed by atoms with van der Waals surface area (Å²) < 4.78 is 15.7. The molecule has 3 aromatic rings. The number of aromatic nitrogens is 3. The van der Waals surface area contributed by atoms with E-state index < -0.39 is 0 Å². The van der Waals surface area contributed by atoms with Crippen LogP contribution in [0.3, 0.4) is 0 Å². The summed E-state index contributed by atoms with van der Waals surface area (Å²) in [5.74, 6) is -0.0354. The van der Waals surface area contributed by atoms with Gasteiger partial charge in [0, 0.05) is 0 Å². The van der Waals surface area contributed by atoms with Gasteiger partial charge in [-0.2, -0.15) is 0 Å². The summed E-state index contributed by atoms with van der Waals surface area (Å²) in [5, 5.41) is 8.06. The number of hydrogen-bond donors (Lipinski definition) is 1. The predicted molar refractivity (Wildman–Crippen MR) is 97.8 cm³/mol. The first kappa shape index (κ1) is 17.0. The van der Waals surface area contributed by atoms with E-state index in [0.717, 1.165) is 31.0 Å². The van der Waals surface area contributed by atoms with Gasteiger partial charge < -0.3 is 0 Å². The Morgan fingerprint density at radius 3 is 2.92 bits per heavy atom. The van der Waals surface area contributed by atoms with Gasteiger partial charge in [0.2, 0.25) is 0 Å². The van der Waals surface area contributed by atoms with Crippen molar-refractivity contribution in [3.8, 4) is 11.1 Å². The van der Waals surface area contributed by atoms with Crippen molar-refractivity contribution in [1.29, 1.82) is 5.31 Å². The molecule has 1 aliphatic carbocycles. The molecule has 0 saturated heterocycles. The fourth-order valence-corrected chi connectivity index (χ4v) is 3.87. The monoisotopic (exact) mass is 368 g/mol. The Labute approximate surface area is 155 Å². The van der Waals surface area contributed by atoms with Crippen LogP contribution in [0.5, 0.6) is 0 Å². The van der Waals surface area contributed by atoms with Crippen molar-refractivity contribution < 1.29 is 9.18 Å². The van der Waals surface area contributed by atoms with Gasteiger partial charge in [-0.3, -0.25) is 0 Å². The van der Waals surface area contributed by atoms with Gasteiger partial charge in [-0.05, 0) is 0 Å². The van der Waals surface area contributed by atoms with Gasteiger partial charge in [0.05, 0.1) is 0 Å². The van der Waals surface area contributed by atoms with Crippen LogP contribution in [0.15, 0.2) is 36.8 Å². The van der Waals surface area contributed by atoms with Crippen molar-refractivity contribution >= 4 is 35.4 Å². The van der Waals surface area contributed by atoms with Crippen LogP contribution in [-0.4, -0.2) is 27.3 Å². The molecule has 1 aliphatic rings. The summed E-state index contributed by atoms with van der Waals surface area (Å²) >= 11 is 6.32. The molecule has 1 N–H and O–H groups in total. The molecule has 0 spiro atoms. The van der Waals surface area contributed by atoms with Gasteiger partial charge in [-0.25, -0.2) is 0 Å². The zero-order valence-corrected chi connectivity index (χ0v) is 14.6. The third-order valence-corrected chi connectivity index (χ3v) is 5.24. The first-order chi connectivity index (χ1) is 12.6. The van der Waals surface area contributed by atoms with Crippen LogP contribution in [0.25, 0.3) is 22.2 Å². The Morgan fingerprint density at radius 2 is 2.19 bits per heavy atom. The van der Waals surface area contributed by atoms with Crippen molar-refractivity contribution in [2.75, 3.05) is 0 Å². The first-order valence-electron chi connectivity index (χ1n) is 8.37. The molecule has 130 valence electrons. The van der Waals surface area contributed by atoms with Crippen LogP contribution >= 0.6 is 11.6 Å². The summed E-state index contributed by atoms with van der Waals surface area (Å²) in [7, 11) is 0.882. The number of nitrogens with one attached hydrogen (secondary N) is 1. The van der Waals surface area contributed by atoms with Gasteiger partial charge in [0.1, 0.15) is 0 Å². The van der Waals surface area contributed by atoms with E-state index >= 15 is 0 Å². The minimum absolute atomic E-state index is 0.142. The fourth-order valence-electron chi connectivity index (χ4n) is 3.64. The first-order valence-corrected chi connectivity index (χ1v) is 8.75. The maximum atomic E-state index is 13.7. The van der Waals surface area contributed by atoms with E-state index in [1.165, 1.54) is 18.5 Å². The van der Waals surface area contributed by atoms with Crippen LogP contribution in [0.4, 0.5) is 4.39 Å². The molecule has 1 saturated carbocycles. The average molecular weight is 369 g/mol. The molecule has 8 heteroatoms. The summed E-state index contributed by atoms with van der Waals surface area (Å²) in [5.41, 5.74) is 2.09. The summed E-state index contributed by atoms with van der Waals surface area (Å²) in [4.78, 5) is 19.9. The third-order valence-electron chi connectivity index (χ3n) is 4.95. The number of fused-ring (bicyclic) bond motifs is 1. The van der Waals surface area contributed by atoms with Gasteiger partial charge in [0.25, 0.3) is 0 Å². The molecule has 0 unspecified atom stereocenters. The normalized spacial score (nSPS) is 19.2. The van der Waals surface area contributed by atoms with Crippen LogP contribution in [0.1, 0.15) is 25.3 Å². The molecule has 0 bridgehead atoms. The topological polar surface area (TPSA) is 71.6 Å². The number of carbonyl (C=O) groups excluding carboxylic acids is 1. The van der Waals surface area contributed by atoms with Gasteiger partial charge >= 0.3 is 155 Å². The van der Waals surface area contributed by atoms with Crippen LogP contribution in [0, 0.1) is 17.0 Å². The van der Waals surface area contributed by atoms with Crippen LogP contribution < -0.4 is 0 Å². The minimum atomic E-state index is -0.315. The van der Waals surface area contributed by atoms with Crippen molar-refractivity contribution in [2.24, 2.45) is 5.92 Å². The van der Waals surface area contributed by atoms with E-state index in [4.69, 9.17) is 16.9 Å². The Hall–Kier alpha value is -2.41. The van der Waals surface area contributed by atoms with Crippen molar-refractivity contribution in [3.05, 3.63) is 47.8 Å². The number of nitrogens with zero attached hydrogens (tertiary/aromatic N) is 3. The zero-order valence-electron chi connectivity index (χ0n) is 13.8. The van der Waals surface area contributed by atoms with E-state index in [-0.39, 0.29) is 23.5 Å². The van der Waals surface area contributed by atoms with Crippen molar-refractivity contribution in [3.63, 3.8) is 0 Å². The quantitative estimate of drug-likeness (QED) is 0.541. The molecule has 2 aromatic heterocycles. The van der Waals surface area contributed by atoms with Crippen molar-refractivity contribution in [1.82, 2.24) is 14.5 Å². The predicted octanol–water partition coefficient (Wildman–Crippen LogP) is 4.23. The van der Waals surface area contributed by atoms with E-state index in [9.17, 15) is 9.18 Å². The summed E-state index contributed by atoms with van der Waals surface area (Å²) in [6.07, 6.45) is 5.46. The molecule has 0 amide bonds. The standard InChI is InChI=1S/C18H15BClFN4O/c20-17-16-14(11-2-1-3-12(21)7-11)8-25(18(16)24-9-23-17)13-4-10(5-13)6-15(26)19-22/h1-3,7-10,13,22H,4-6H2. The number of hydrogen-bond acceptors (Lipinski definition) is 4. The molecule has 1 aromatic carbocycles. The number of carbonyl (C=O) groups is 1. The molecule has 26 heavy (non-hydrogen) atoms. The Balaban J connectivity index is 1.72. The van der Waals surface area contributed by atoms with E-state index in [1.807, 2.05) is 12.3 Å². The molecule has 5 nitrogen and oxygen atoms in total. The Bertz CT molecular complexity index is 1020. The van der Waals surface area contributed by atoms with Crippen molar-refractivity contribution in [2.45, 2.75) is 25.3 Å². The number of benzene rings is 1. The van der Waals surface area contributed by atoms with E-state index in [1.54, 1.807) is 6.07 Å². The second-order valence-electron chi connectivity index (χ2n) is 6.63. The molecular formula is C18H15BClFN4O.